The highest BCUT2D eigenvalue weighted by Crippen LogP contribution is 2.17. The third-order valence-corrected chi connectivity index (χ3v) is 1.15. The largest absolute Gasteiger partial charge is 0.484 e. The summed E-state index contributed by atoms with van der Waals surface area (Å²) < 4.78 is 39.3. The first-order valence-electron chi connectivity index (χ1n) is 4.32. The van der Waals surface area contributed by atoms with E-state index in [4.69, 9.17) is 0 Å². The minimum absolute atomic E-state index is 0.231. The van der Waals surface area contributed by atoms with E-state index < -0.39 is 12.8 Å². The molecule has 1 rings (SSSR count). The van der Waals surface area contributed by atoms with Gasteiger partial charge in [-0.3, -0.25) is 0 Å². The summed E-state index contributed by atoms with van der Waals surface area (Å²) in [4.78, 5) is 0. The molecule has 0 aliphatic carbocycles. The van der Waals surface area contributed by atoms with Crippen molar-refractivity contribution in [2.75, 3.05) is 6.61 Å². The molecule has 0 aliphatic heterocycles. The van der Waals surface area contributed by atoms with E-state index in [0.29, 0.717) is 0 Å². The molecular weight excluding hydrogens is 193 g/mol. The van der Waals surface area contributed by atoms with E-state index in [0.717, 1.165) is 0 Å². The summed E-state index contributed by atoms with van der Waals surface area (Å²) in [5.41, 5.74) is 0. The molecule has 0 aliphatic rings. The number of benzene rings is 1. The Hall–Kier alpha value is -1.19. The fourth-order valence-corrected chi connectivity index (χ4v) is 0.682. The number of hydrogen-bond donors (Lipinski definition) is 0. The molecule has 1 aromatic carbocycles. The molecule has 0 heterocycles. The molecule has 0 atom stereocenters. The van der Waals surface area contributed by atoms with Crippen molar-refractivity contribution in [1.29, 1.82) is 0 Å². The first-order chi connectivity index (χ1) is 6.58. The SMILES string of the molecule is CC.FC(F)(F)COc1ccccc1. The number of para-hydroxylation sites is 1. The van der Waals surface area contributed by atoms with Gasteiger partial charge in [0.1, 0.15) is 5.75 Å². The Bertz CT molecular complexity index is 231. The van der Waals surface area contributed by atoms with E-state index in [1.807, 2.05) is 13.8 Å². The topological polar surface area (TPSA) is 9.23 Å². The summed E-state index contributed by atoms with van der Waals surface area (Å²) in [5.74, 6) is 0.231. The standard InChI is InChI=1S/C8H7F3O.C2H6/c9-8(10,11)6-12-7-4-2-1-3-5-7;1-2/h1-5H,6H2;1-2H3. The van der Waals surface area contributed by atoms with Gasteiger partial charge in [-0.2, -0.15) is 13.2 Å². The highest BCUT2D eigenvalue weighted by atomic mass is 19.4. The van der Waals surface area contributed by atoms with E-state index in [9.17, 15) is 13.2 Å². The van der Waals surface area contributed by atoms with E-state index in [-0.39, 0.29) is 5.75 Å². The number of rotatable bonds is 2. The third-order valence-electron chi connectivity index (χ3n) is 1.15. The molecule has 80 valence electrons. The molecule has 0 unspecified atom stereocenters. The maximum absolute atomic E-state index is 11.6. The second-order valence-electron chi connectivity index (χ2n) is 2.22. The van der Waals surface area contributed by atoms with Crippen molar-refractivity contribution in [2.45, 2.75) is 20.0 Å². The molecule has 0 spiro atoms. The molecule has 1 aromatic rings. The molecule has 0 aromatic heterocycles. The van der Waals surface area contributed by atoms with Crippen LogP contribution in [0.5, 0.6) is 5.75 Å². The van der Waals surface area contributed by atoms with Gasteiger partial charge in [-0.25, -0.2) is 0 Å². The van der Waals surface area contributed by atoms with E-state index >= 15 is 0 Å². The minimum Gasteiger partial charge on any atom is -0.484 e. The van der Waals surface area contributed by atoms with Crippen LogP contribution in [-0.4, -0.2) is 12.8 Å². The van der Waals surface area contributed by atoms with Gasteiger partial charge in [0.2, 0.25) is 0 Å². The maximum atomic E-state index is 11.6. The molecule has 0 saturated carbocycles. The number of hydrogen-bond acceptors (Lipinski definition) is 1. The van der Waals surface area contributed by atoms with Crippen molar-refractivity contribution < 1.29 is 17.9 Å². The summed E-state index contributed by atoms with van der Waals surface area (Å²) in [6, 6.07) is 7.90. The van der Waals surface area contributed by atoms with Crippen LogP contribution < -0.4 is 4.74 Å². The predicted octanol–water partition coefficient (Wildman–Crippen LogP) is 3.65. The van der Waals surface area contributed by atoms with E-state index in [1.54, 1.807) is 18.2 Å². The number of halogens is 3. The Morgan fingerprint density at radius 3 is 2.00 bits per heavy atom. The Balaban J connectivity index is 0.000000791. The van der Waals surface area contributed by atoms with Gasteiger partial charge >= 0.3 is 6.18 Å². The molecule has 0 bridgehead atoms. The van der Waals surface area contributed by atoms with Crippen molar-refractivity contribution in [2.24, 2.45) is 0 Å². The van der Waals surface area contributed by atoms with Crippen LogP contribution in [0.15, 0.2) is 30.3 Å². The van der Waals surface area contributed by atoms with Crippen molar-refractivity contribution in [1.82, 2.24) is 0 Å². The summed E-state index contributed by atoms with van der Waals surface area (Å²) in [6.07, 6.45) is -4.27. The zero-order valence-corrected chi connectivity index (χ0v) is 8.14. The molecule has 0 radical (unpaired) electrons. The highest BCUT2D eigenvalue weighted by Gasteiger charge is 2.28. The predicted molar refractivity (Wildman–Crippen MR) is 49.3 cm³/mol. The van der Waals surface area contributed by atoms with Gasteiger partial charge in [0.05, 0.1) is 0 Å². The Kier molecular flexibility index (Phi) is 5.76. The molecule has 14 heavy (non-hydrogen) atoms. The lowest BCUT2D eigenvalue weighted by molar-refractivity contribution is -0.153. The second-order valence-corrected chi connectivity index (χ2v) is 2.22. The third kappa shape index (κ3) is 6.34. The maximum Gasteiger partial charge on any atom is 0.422 e. The van der Waals surface area contributed by atoms with Gasteiger partial charge in [-0.05, 0) is 12.1 Å². The van der Waals surface area contributed by atoms with Crippen LogP contribution in [0.2, 0.25) is 0 Å². The average molecular weight is 206 g/mol. The van der Waals surface area contributed by atoms with Crippen LogP contribution in [-0.2, 0) is 0 Å². The lowest BCUT2D eigenvalue weighted by Crippen LogP contribution is -2.19. The molecular formula is C10H13F3O. The molecule has 0 N–H and O–H groups in total. The fraction of sp³-hybridized carbons (Fsp3) is 0.400. The lowest BCUT2D eigenvalue weighted by atomic mass is 10.3. The summed E-state index contributed by atoms with van der Waals surface area (Å²) in [7, 11) is 0. The quantitative estimate of drug-likeness (QED) is 0.717. The van der Waals surface area contributed by atoms with Gasteiger partial charge in [0, 0.05) is 0 Å². The minimum atomic E-state index is -4.27. The zero-order valence-electron chi connectivity index (χ0n) is 8.14. The summed E-state index contributed by atoms with van der Waals surface area (Å²) >= 11 is 0. The molecule has 0 saturated heterocycles. The Morgan fingerprint density at radius 1 is 1.07 bits per heavy atom. The monoisotopic (exact) mass is 206 g/mol. The van der Waals surface area contributed by atoms with Crippen molar-refractivity contribution in [3.05, 3.63) is 30.3 Å². The first kappa shape index (κ1) is 12.8. The van der Waals surface area contributed by atoms with Gasteiger partial charge in [0.15, 0.2) is 6.61 Å². The molecule has 4 heteroatoms. The Labute approximate surface area is 81.5 Å². The van der Waals surface area contributed by atoms with Crippen molar-refractivity contribution >= 4 is 0 Å². The van der Waals surface area contributed by atoms with Crippen LogP contribution in [0.4, 0.5) is 13.2 Å². The van der Waals surface area contributed by atoms with Gasteiger partial charge < -0.3 is 4.74 Å². The van der Waals surface area contributed by atoms with Crippen LogP contribution >= 0.6 is 0 Å². The average Bonchev–Trinajstić information content (AvgIpc) is 2.19. The number of ether oxygens (including phenoxy) is 1. The first-order valence-corrected chi connectivity index (χ1v) is 4.32. The van der Waals surface area contributed by atoms with Crippen molar-refractivity contribution in [3.8, 4) is 5.75 Å². The summed E-state index contributed by atoms with van der Waals surface area (Å²) in [6.45, 7) is 2.76. The van der Waals surface area contributed by atoms with Gasteiger partial charge in [-0.1, -0.05) is 32.0 Å². The second kappa shape index (κ2) is 6.29. The molecule has 0 fully saturated rings. The molecule has 1 nitrogen and oxygen atoms in total. The zero-order chi connectivity index (χ0) is 11.0. The van der Waals surface area contributed by atoms with Crippen molar-refractivity contribution in [3.63, 3.8) is 0 Å². The normalized spacial score (nSPS) is 10.1. The highest BCUT2D eigenvalue weighted by molar-refractivity contribution is 5.20. The van der Waals surface area contributed by atoms with Crippen LogP contribution in [0.1, 0.15) is 13.8 Å². The van der Waals surface area contributed by atoms with E-state index in [1.165, 1.54) is 12.1 Å². The van der Waals surface area contributed by atoms with Crippen LogP contribution in [0, 0.1) is 0 Å². The smallest absolute Gasteiger partial charge is 0.422 e. The van der Waals surface area contributed by atoms with Crippen LogP contribution in [0.25, 0.3) is 0 Å². The Morgan fingerprint density at radius 2 is 1.57 bits per heavy atom. The van der Waals surface area contributed by atoms with Gasteiger partial charge in [-0.15, -0.1) is 0 Å². The van der Waals surface area contributed by atoms with Crippen LogP contribution in [0.3, 0.4) is 0 Å². The van der Waals surface area contributed by atoms with Gasteiger partial charge in [0.25, 0.3) is 0 Å². The number of alkyl halides is 3. The fourth-order valence-electron chi connectivity index (χ4n) is 0.682. The van der Waals surface area contributed by atoms with E-state index in [2.05, 4.69) is 4.74 Å². The summed E-state index contributed by atoms with van der Waals surface area (Å²) in [5, 5.41) is 0. The lowest BCUT2D eigenvalue weighted by Gasteiger charge is -2.07. The molecule has 0 amide bonds.